The molecule has 0 aromatic heterocycles. The van der Waals surface area contributed by atoms with Gasteiger partial charge in [0.25, 0.3) is 5.91 Å². The molecule has 1 amide bonds. The Morgan fingerprint density at radius 3 is 2.12 bits per heavy atom. The molecule has 25 heavy (non-hydrogen) atoms. The van der Waals surface area contributed by atoms with E-state index < -0.39 is 0 Å². The maximum absolute atomic E-state index is 12.4. The number of nitrogens with zero attached hydrogens (tertiary/aromatic N) is 1. The zero-order valence-corrected chi connectivity index (χ0v) is 16.1. The number of rotatable bonds is 7. The lowest BCUT2D eigenvalue weighted by molar-refractivity contribution is 0.102. The number of ether oxygens (including phenoxy) is 1. The molecule has 4 nitrogen and oxygen atoms in total. The molecule has 6 heteroatoms. The smallest absolute Gasteiger partial charge is 0.255 e. The number of hydrogen-bond donors (Lipinski definition) is 1. The van der Waals surface area contributed by atoms with Crippen LogP contribution in [0.4, 0.5) is 5.69 Å². The molecule has 2 rings (SSSR count). The molecule has 0 fully saturated rings. The van der Waals surface area contributed by atoms with Crippen molar-refractivity contribution in [3.8, 4) is 5.75 Å². The van der Waals surface area contributed by atoms with Gasteiger partial charge in [-0.2, -0.15) is 0 Å². The first-order valence-corrected chi connectivity index (χ1v) is 8.89. The second-order valence-corrected chi connectivity index (χ2v) is 6.40. The Bertz CT molecular complexity index is 706. The van der Waals surface area contributed by atoms with Crippen LogP contribution in [-0.2, 0) is 6.54 Å². The van der Waals surface area contributed by atoms with E-state index >= 15 is 0 Å². The number of amides is 1. The minimum absolute atomic E-state index is 0.275. The van der Waals surface area contributed by atoms with Crippen molar-refractivity contribution >= 4 is 34.8 Å². The van der Waals surface area contributed by atoms with Crippen molar-refractivity contribution in [3.63, 3.8) is 0 Å². The van der Waals surface area contributed by atoms with Gasteiger partial charge in [0.15, 0.2) is 5.75 Å². The van der Waals surface area contributed by atoms with Crippen molar-refractivity contribution in [3.05, 3.63) is 57.6 Å². The van der Waals surface area contributed by atoms with Crippen LogP contribution in [0.3, 0.4) is 0 Å². The van der Waals surface area contributed by atoms with E-state index in [2.05, 4.69) is 24.1 Å². The molecule has 0 aliphatic carbocycles. The van der Waals surface area contributed by atoms with Gasteiger partial charge in [-0.1, -0.05) is 49.2 Å². The topological polar surface area (TPSA) is 41.6 Å². The van der Waals surface area contributed by atoms with Gasteiger partial charge in [-0.05, 0) is 42.9 Å². The quantitative estimate of drug-likeness (QED) is 0.726. The molecule has 0 aliphatic rings. The van der Waals surface area contributed by atoms with E-state index in [1.165, 1.54) is 24.8 Å². The Balaban J connectivity index is 2.08. The molecule has 1 N–H and O–H groups in total. The monoisotopic (exact) mass is 380 g/mol. The predicted molar refractivity (Wildman–Crippen MR) is 104 cm³/mol. The third-order valence-electron chi connectivity index (χ3n) is 3.98. The van der Waals surface area contributed by atoms with Gasteiger partial charge in [0.1, 0.15) is 0 Å². The van der Waals surface area contributed by atoms with Crippen LogP contribution in [0.25, 0.3) is 0 Å². The molecule has 0 atom stereocenters. The van der Waals surface area contributed by atoms with Crippen LogP contribution >= 0.6 is 23.2 Å². The Labute approximate surface area is 158 Å². The minimum atomic E-state index is -0.275. The summed E-state index contributed by atoms with van der Waals surface area (Å²) < 4.78 is 5.09. The van der Waals surface area contributed by atoms with Crippen molar-refractivity contribution in [2.75, 3.05) is 25.5 Å². The number of methoxy groups -OCH3 is 1. The van der Waals surface area contributed by atoms with Gasteiger partial charge in [0.2, 0.25) is 0 Å². The standard InChI is InChI=1S/C19H22Cl2N2O2/c1-4-23(5-2)12-13-6-8-15(9-7-13)22-19(24)14-10-16(20)18(25-3)17(21)11-14/h6-11H,4-5,12H2,1-3H3,(H,22,24). The third-order valence-corrected chi connectivity index (χ3v) is 4.54. The first-order chi connectivity index (χ1) is 12.0. The van der Waals surface area contributed by atoms with Crippen molar-refractivity contribution in [1.82, 2.24) is 4.90 Å². The maximum atomic E-state index is 12.4. The van der Waals surface area contributed by atoms with Crippen LogP contribution in [0.2, 0.25) is 10.0 Å². The normalized spacial score (nSPS) is 10.8. The van der Waals surface area contributed by atoms with Crippen molar-refractivity contribution in [1.29, 1.82) is 0 Å². The Hall–Kier alpha value is -1.75. The second kappa shape index (κ2) is 9.09. The summed E-state index contributed by atoms with van der Waals surface area (Å²) in [6, 6.07) is 10.9. The molecule has 0 bridgehead atoms. The van der Waals surface area contributed by atoms with Gasteiger partial charge in [-0.3, -0.25) is 9.69 Å². The zero-order chi connectivity index (χ0) is 18.4. The minimum Gasteiger partial charge on any atom is -0.494 e. The number of benzene rings is 2. The molecule has 0 saturated carbocycles. The fourth-order valence-electron chi connectivity index (χ4n) is 2.49. The molecular formula is C19H22Cl2N2O2. The highest BCUT2D eigenvalue weighted by atomic mass is 35.5. The highest BCUT2D eigenvalue weighted by Crippen LogP contribution is 2.34. The fourth-order valence-corrected chi connectivity index (χ4v) is 3.13. The first kappa shape index (κ1) is 19.6. The molecule has 2 aromatic carbocycles. The van der Waals surface area contributed by atoms with Crippen LogP contribution in [0, 0.1) is 0 Å². The Morgan fingerprint density at radius 2 is 1.64 bits per heavy atom. The van der Waals surface area contributed by atoms with Gasteiger partial charge in [0, 0.05) is 17.8 Å². The van der Waals surface area contributed by atoms with E-state index in [4.69, 9.17) is 27.9 Å². The summed E-state index contributed by atoms with van der Waals surface area (Å²) in [5.41, 5.74) is 2.30. The lowest BCUT2D eigenvalue weighted by Crippen LogP contribution is -2.22. The summed E-state index contributed by atoms with van der Waals surface area (Å²) in [6.45, 7) is 7.19. The van der Waals surface area contributed by atoms with Crippen LogP contribution in [-0.4, -0.2) is 31.0 Å². The van der Waals surface area contributed by atoms with Crippen molar-refractivity contribution in [2.45, 2.75) is 20.4 Å². The summed E-state index contributed by atoms with van der Waals surface area (Å²) >= 11 is 12.2. The summed E-state index contributed by atoms with van der Waals surface area (Å²) in [5, 5.41) is 3.45. The highest BCUT2D eigenvalue weighted by Gasteiger charge is 2.13. The van der Waals surface area contributed by atoms with Crippen LogP contribution in [0.1, 0.15) is 29.8 Å². The number of nitrogens with one attached hydrogen (secondary N) is 1. The lowest BCUT2D eigenvalue weighted by atomic mass is 10.1. The molecule has 2 aromatic rings. The molecular weight excluding hydrogens is 359 g/mol. The average molecular weight is 381 g/mol. The summed E-state index contributed by atoms with van der Waals surface area (Å²) in [7, 11) is 1.48. The molecule has 0 heterocycles. The van der Waals surface area contributed by atoms with Crippen LogP contribution in [0.15, 0.2) is 36.4 Å². The summed E-state index contributed by atoms with van der Waals surface area (Å²) in [6.07, 6.45) is 0. The number of hydrogen-bond acceptors (Lipinski definition) is 3. The van der Waals surface area contributed by atoms with Crippen molar-refractivity contribution < 1.29 is 9.53 Å². The highest BCUT2D eigenvalue weighted by molar-refractivity contribution is 6.37. The molecule has 0 radical (unpaired) electrons. The number of halogens is 2. The second-order valence-electron chi connectivity index (χ2n) is 5.59. The van der Waals surface area contributed by atoms with Crippen LogP contribution < -0.4 is 10.1 Å². The molecule has 0 unspecified atom stereocenters. The first-order valence-electron chi connectivity index (χ1n) is 8.14. The summed E-state index contributed by atoms with van der Waals surface area (Å²) in [4.78, 5) is 14.7. The number of carbonyl (C=O) groups is 1. The van der Waals surface area contributed by atoms with Crippen LogP contribution in [0.5, 0.6) is 5.75 Å². The van der Waals surface area contributed by atoms with Gasteiger partial charge in [-0.25, -0.2) is 0 Å². The third kappa shape index (κ3) is 5.11. The van der Waals surface area contributed by atoms with E-state index in [0.29, 0.717) is 21.4 Å². The average Bonchev–Trinajstić information content (AvgIpc) is 2.60. The molecule has 0 saturated heterocycles. The van der Waals surface area contributed by atoms with Crippen molar-refractivity contribution in [2.24, 2.45) is 0 Å². The SMILES string of the molecule is CCN(CC)Cc1ccc(NC(=O)c2cc(Cl)c(OC)c(Cl)c2)cc1. The van der Waals surface area contributed by atoms with E-state index in [1.54, 1.807) is 0 Å². The van der Waals surface area contributed by atoms with E-state index in [9.17, 15) is 4.79 Å². The maximum Gasteiger partial charge on any atom is 0.255 e. The Morgan fingerprint density at radius 1 is 1.08 bits per heavy atom. The molecule has 134 valence electrons. The molecule has 0 spiro atoms. The van der Waals surface area contributed by atoms with Gasteiger partial charge < -0.3 is 10.1 Å². The van der Waals surface area contributed by atoms with Gasteiger partial charge in [-0.15, -0.1) is 0 Å². The van der Waals surface area contributed by atoms with Gasteiger partial charge >= 0.3 is 0 Å². The fraction of sp³-hybridized carbons (Fsp3) is 0.316. The lowest BCUT2D eigenvalue weighted by Gasteiger charge is -2.18. The predicted octanol–water partition coefficient (Wildman–Crippen LogP) is 5.10. The zero-order valence-electron chi connectivity index (χ0n) is 14.6. The van der Waals surface area contributed by atoms with E-state index in [0.717, 1.165) is 25.3 Å². The Kier molecular flexibility index (Phi) is 7.12. The number of anilines is 1. The van der Waals surface area contributed by atoms with E-state index in [1.807, 2.05) is 24.3 Å². The largest absolute Gasteiger partial charge is 0.494 e. The van der Waals surface area contributed by atoms with Gasteiger partial charge in [0.05, 0.1) is 17.2 Å². The summed E-state index contributed by atoms with van der Waals surface area (Å²) in [5.74, 6) is 0.0867. The number of carbonyl (C=O) groups excluding carboxylic acids is 1. The molecule has 0 aliphatic heterocycles. The van der Waals surface area contributed by atoms with E-state index in [-0.39, 0.29) is 5.91 Å².